The quantitative estimate of drug-likeness (QED) is 0.555. The fourth-order valence-corrected chi connectivity index (χ4v) is 9.09. The smallest absolute Gasteiger partial charge is 0.319 e. The molecule has 2 amide bonds. The monoisotopic (exact) mass is 496 g/mol. The topological polar surface area (TPSA) is 82.6 Å². The molecule has 0 radical (unpaired) electrons. The third kappa shape index (κ3) is 5.56. The Balaban J connectivity index is 1.49. The molecule has 3 aliphatic rings. The number of aromatic nitrogens is 1. The number of thiazole rings is 1. The molecule has 33 heavy (non-hydrogen) atoms. The van der Waals surface area contributed by atoms with Crippen LogP contribution in [0.15, 0.2) is 10.4 Å². The van der Waals surface area contributed by atoms with E-state index >= 15 is 0 Å². The zero-order valence-corrected chi connectivity index (χ0v) is 22.0. The lowest BCUT2D eigenvalue weighted by Crippen LogP contribution is -2.51. The number of urea groups is 1. The van der Waals surface area contributed by atoms with Crippen LogP contribution in [0.1, 0.15) is 97.8 Å². The first kappa shape index (κ1) is 24.9. The number of hydrogen-bond acceptors (Lipinski definition) is 5. The Morgan fingerprint density at radius 2 is 1.55 bits per heavy atom. The molecular formula is C24H40N4O3S2. The first-order valence-electron chi connectivity index (χ1n) is 12.9. The van der Waals surface area contributed by atoms with Crippen molar-refractivity contribution in [1.82, 2.24) is 14.2 Å². The van der Waals surface area contributed by atoms with Gasteiger partial charge in [-0.1, -0.05) is 43.9 Å². The molecule has 2 saturated carbocycles. The molecular weight excluding hydrogens is 456 g/mol. The van der Waals surface area contributed by atoms with Crippen molar-refractivity contribution < 1.29 is 13.2 Å². The van der Waals surface area contributed by atoms with Crippen LogP contribution in [-0.4, -0.2) is 52.8 Å². The Morgan fingerprint density at radius 3 is 2.18 bits per heavy atom. The van der Waals surface area contributed by atoms with Crippen LogP contribution >= 0.6 is 11.3 Å². The number of piperidine rings is 1. The van der Waals surface area contributed by atoms with Gasteiger partial charge >= 0.3 is 6.03 Å². The minimum Gasteiger partial charge on any atom is -0.319 e. The van der Waals surface area contributed by atoms with Gasteiger partial charge in [0, 0.05) is 24.2 Å². The third-order valence-corrected chi connectivity index (χ3v) is 11.4. The molecule has 1 aliphatic heterocycles. The van der Waals surface area contributed by atoms with Gasteiger partial charge in [-0.05, 0) is 71.1 Å². The Hall–Kier alpha value is -1.19. The number of anilines is 1. The highest BCUT2D eigenvalue weighted by Gasteiger charge is 2.38. The van der Waals surface area contributed by atoms with Gasteiger partial charge in [0.15, 0.2) is 9.34 Å². The number of hydrogen-bond donors (Lipinski definition) is 1. The summed E-state index contributed by atoms with van der Waals surface area (Å²) < 4.78 is 28.5. The molecule has 1 aromatic heterocycles. The second kappa shape index (κ2) is 10.6. The van der Waals surface area contributed by atoms with Crippen LogP contribution in [0.3, 0.4) is 0 Å². The van der Waals surface area contributed by atoms with Gasteiger partial charge in [-0.15, -0.1) is 0 Å². The van der Waals surface area contributed by atoms with Crippen molar-refractivity contribution in [3.63, 3.8) is 0 Å². The normalized spacial score (nSPS) is 30.2. The van der Waals surface area contributed by atoms with E-state index in [2.05, 4.69) is 22.1 Å². The predicted octanol–water partition coefficient (Wildman–Crippen LogP) is 5.84. The number of carbonyl (C=O) groups excluding carboxylic acids is 1. The fourth-order valence-electron chi connectivity index (χ4n) is 6.08. The number of rotatable bonds is 5. The summed E-state index contributed by atoms with van der Waals surface area (Å²) in [6, 6.07) is 0.390. The van der Waals surface area contributed by atoms with E-state index in [-0.39, 0.29) is 34.4 Å². The molecule has 1 saturated heterocycles. The number of amides is 2. The number of carbonyl (C=O) groups is 1. The van der Waals surface area contributed by atoms with Crippen LogP contribution in [0.5, 0.6) is 0 Å². The molecule has 1 N–H and O–H groups in total. The average molecular weight is 497 g/mol. The van der Waals surface area contributed by atoms with Crippen molar-refractivity contribution in [2.45, 2.75) is 126 Å². The lowest BCUT2D eigenvalue weighted by atomic mass is 9.84. The molecule has 2 atom stereocenters. The molecule has 2 unspecified atom stereocenters. The summed E-state index contributed by atoms with van der Waals surface area (Å²) in [5.41, 5.74) is 0. The van der Waals surface area contributed by atoms with Gasteiger partial charge < -0.3 is 4.90 Å². The molecule has 0 spiro atoms. The molecule has 0 aromatic carbocycles. The maximum Gasteiger partial charge on any atom is 0.324 e. The van der Waals surface area contributed by atoms with Crippen molar-refractivity contribution >= 4 is 32.5 Å². The lowest BCUT2D eigenvalue weighted by Gasteiger charge is -2.42. The van der Waals surface area contributed by atoms with Crippen molar-refractivity contribution in [2.75, 3.05) is 5.32 Å². The van der Waals surface area contributed by atoms with Crippen molar-refractivity contribution in [3.05, 3.63) is 6.20 Å². The van der Waals surface area contributed by atoms with Gasteiger partial charge in [-0.25, -0.2) is 18.2 Å². The highest BCUT2D eigenvalue weighted by molar-refractivity contribution is 7.91. The molecule has 186 valence electrons. The highest BCUT2D eigenvalue weighted by atomic mass is 32.2. The minimum atomic E-state index is -3.62. The largest absolute Gasteiger partial charge is 0.324 e. The summed E-state index contributed by atoms with van der Waals surface area (Å²) in [6.07, 6.45) is 14.3. The summed E-state index contributed by atoms with van der Waals surface area (Å²) in [5.74, 6) is 0.726. The van der Waals surface area contributed by atoms with Crippen molar-refractivity contribution in [2.24, 2.45) is 5.92 Å². The van der Waals surface area contributed by atoms with Crippen LogP contribution in [0, 0.1) is 5.92 Å². The second-order valence-electron chi connectivity index (χ2n) is 10.5. The third-order valence-electron chi connectivity index (χ3n) is 7.92. The van der Waals surface area contributed by atoms with Gasteiger partial charge in [-0.3, -0.25) is 5.32 Å². The van der Waals surface area contributed by atoms with Crippen LogP contribution in [-0.2, 0) is 10.0 Å². The maximum atomic E-state index is 13.5. The van der Waals surface area contributed by atoms with E-state index in [4.69, 9.17) is 0 Å². The zero-order valence-electron chi connectivity index (χ0n) is 20.3. The van der Waals surface area contributed by atoms with Gasteiger partial charge in [0.25, 0.3) is 10.0 Å². The van der Waals surface area contributed by atoms with Gasteiger partial charge in [0.05, 0.1) is 6.20 Å². The Bertz CT molecular complexity index is 895. The minimum absolute atomic E-state index is 0.0191. The van der Waals surface area contributed by atoms with Gasteiger partial charge in [0.2, 0.25) is 0 Å². The standard InChI is InChI=1S/C24H40N4O3S2/c1-17-12-14-21(15-13-17)27(20-10-5-4-6-11-20)24(29)26-23-25-16-22(32-23)33(30,31)28-18(2)8-7-9-19(28)3/h16-21H,4-15H2,1-3H3,(H,25,26,29)/t17-,18?,19?,21-. The maximum absolute atomic E-state index is 13.5. The summed E-state index contributed by atoms with van der Waals surface area (Å²) in [6.45, 7) is 6.25. The van der Waals surface area contributed by atoms with Crippen molar-refractivity contribution in [1.29, 1.82) is 0 Å². The molecule has 9 heteroatoms. The Labute approximate surface area is 203 Å². The van der Waals surface area contributed by atoms with E-state index in [1.165, 1.54) is 25.5 Å². The van der Waals surface area contributed by atoms with E-state index < -0.39 is 10.0 Å². The molecule has 4 rings (SSSR count). The first-order valence-corrected chi connectivity index (χ1v) is 15.1. The summed E-state index contributed by atoms with van der Waals surface area (Å²) in [7, 11) is -3.62. The van der Waals surface area contributed by atoms with Crippen LogP contribution in [0.25, 0.3) is 0 Å². The summed E-state index contributed by atoms with van der Waals surface area (Å²) in [4.78, 5) is 19.9. The Kier molecular flexibility index (Phi) is 8.01. The molecule has 2 aliphatic carbocycles. The molecule has 7 nitrogen and oxygen atoms in total. The van der Waals surface area contributed by atoms with Gasteiger partial charge in [-0.2, -0.15) is 4.31 Å². The Morgan fingerprint density at radius 1 is 0.939 bits per heavy atom. The SMILES string of the molecule is CC1CCCC(C)N1S(=O)(=O)c1cnc(NC(=O)N(C2CCCCC2)[C@H]2CC[C@H](C)CC2)s1. The first-order chi connectivity index (χ1) is 15.8. The number of nitrogens with zero attached hydrogens (tertiary/aromatic N) is 3. The predicted molar refractivity (Wildman–Crippen MR) is 133 cm³/mol. The van der Waals surface area contributed by atoms with Crippen LogP contribution in [0.4, 0.5) is 9.93 Å². The van der Waals surface area contributed by atoms with Gasteiger partial charge in [0.1, 0.15) is 0 Å². The number of sulfonamides is 1. The average Bonchev–Trinajstić information content (AvgIpc) is 3.25. The van der Waals surface area contributed by atoms with E-state index in [1.807, 2.05) is 13.8 Å². The van der Waals surface area contributed by atoms with E-state index in [1.54, 1.807) is 4.31 Å². The van der Waals surface area contributed by atoms with E-state index in [0.29, 0.717) is 5.13 Å². The second-order valence-corrected chi connectivity index (χ2v) is 13.6. The zero-order chi connectivity index (χ0) is 23.6. The van der Waals surface area contributed by atoms with E-state index in [0.717, 1.165) is 75.0 Å². The summed E-state index contributed by atoms with van der Waals surface area (Å²) in [5, 5.41) is 3.35. The summed E-state index contributed by atoms with van der Waals surface area (Å²) >= 11 is 1.08. The van der Waals surface area contributed by atoms with Crippen molar-refractivity contribution in [3.8, 4) is 0 Å². The molecule has 0 bridgehead atoms. The number of nitrogens with one attached hydrogen (secondary N) is 1. The fraction of sp³-hybridized carbons (Fsp3) is 0.833. The van der Waals surface area contributed by atoms with Crippen LogP contribution in [0.2, 0.25) is 0 Å². The van der Waals surface area contributed by atoms with E-state index in [9.17, 15) is 13.2 Å². The van der Waals surface area contributed by atoms with Crippen LogP contribution < -0.4 is 5.32 Å². The lowest BCUT2D eigenvalue weighted by molar-refractivity contribution is 0.105. The molecule has 1 aromatic rings. The molecule has 2 heterocycles. The molecule has 3 fully saturated rings. The highest BCUT2D eigenvalue weighted by Crippen LogP contribution is 2.35.